The van der Waals surface area contributed by atoms with Gasteiger partial charge >= 0.3 is 0 Å². The van der Waals surface area contributed by atoms with Gasteiger partial charge < -0.3 is 0 Å². The van der Waals surface area contributed by atoms with Crippen molar-refractivity contribution in [3.8, 4) is 0 Å². The van der Waals surface area contributed by atoms with Gasteiger partial charge in [-0.25, -0.2) is 17.1 Å². The molecule has 156 valence electrons. The van der Waals surface area contributed by atoms with E-state index in [0.717, 1.165) is 4.31 Å². The predicted octanol–water partition coefficient (Wildman–Crippen LogP) is 2.01. The number of nitrogens with one attached hydrogen (secondary N) is 2. The maximum absolute atomic E-state index is 13.5. The van der Waals surface area contributed by atoms with Gasteiger partial charge in [0.15, 0.2) is 0 Å². The summed E-state index contributed by atoms with van der Waals surface area (Å²) in [6.07, 6.45) is 0. The van der Waals surface area contributed by atoms with Crippen LogP contribution in [0.25, 0.3) is 10.9 Å². The highest BCUT2D eigenvalue weighted by molar-refractivity contribution is 7.89. The van der Waals surface area contributed by atoms with Gasteiger partial charge in [-0.3, -0.25) is 25.4 Å². The Kier molecular flexibility index (Phi) is 5.81. The average molecular weight is 430 g/mol. The number of hydrogen-bond donors (Lipinski definition) is 2. The molecule has 0 saturated carbocycles. The van der Waals surface area contributed by atoms with E-state index in [2.05, 4.69) is 15.8 Å². The van der Waals surface area contributed by atoms with Crippen molar-refractivity contribution in [3.63, 3.8) is 0 Å². The summed E-state index contributed by atoms with van der Waals surface area (Å²) >= 11 is 0. The summed E-state index contributed by atoms with van der Waals surface area (Å²) in [4.78, 5) is 29.2. The van der Waals surface area contributed by atoms with E-state index in [9.17, 15) is 22.4 Å². The second kappa shape index (κ2) is 8.17. The van der Waals surface area contributed by atoms with Crippen LogP contribution in [0.4, 0.5) is 4.39 Å². The minimum atomic E-state index is -3.71. The average Bonchev–Trinajstić information content (AvgIpc) is 2.70. The third-order valence-corrected chi connectivity index (χ3v) is 6.12. The highest BCUT2D eigenvalue weighted by atomic mass is 32.2. The van der Waals surface area contributed by atoms with Gasteiger partial charge in [0.2, 0.25) is 10.0 Å². The number of aryl methyl sites for hydroxylation is 1. The fraction of sp³-hybridized carbons (Fsp3) is 0.150. The van der Waals surface area contributed by atoms with Crippen LogP contribution < -0.4 is 10.9 Å². The van der Waals surface area contributed by atoms with Crippen LogP contribution in [0.2, 0.25) is 0 Å². The normalized spacial score (nSPS) is 11.5. The minimum absolute atomic E-state index is 0.0516. The first-order chi connectivity index (χ1) is 14.1. The summed E-state index contributed by atoms with van der Waals surface area (Å²) in [5.74, 6) is -1.80. The first-order valence-electron chi connectivity index (χ1n) is 8.80. The van der Waals surface area contributed by atoms with Crippen LogP contribution in [0.1, 0.15) is 26.4 Å². The summed E-state index contributed by atoms with van der Waals surface area (Å²) in [6.45, 7) is 1.66. The van der Waals surface area contributed by atoms with Crippen LogP contribution in [-0.2, 0) is 10.0 Å². The molecule has 0 aliphatic rings. The molecule has 0 atom stereocenters. The summed E-state index contributed by atoms with van der Waals surface area (Å²) < 4.78 is 39.0. The summed E-state index contributed by atoms with van der Waals surface area (Å²) in [7, 11) is -0.943. The zero-order chi connectivity index (χ0) is 22.1. The second-order valence-corrected chi connectivity index (χ2v) is 8.85. The quantitative estimate of drug-likeness (QED) is 0.616. The van der Waals surface area contributed by atoms with E-state index < -0.39 is 27.7 Å². The molecule has 8 nitrogen and oxygen atoms in total. The van der Waals surface area contributed by atoms with Crippen molar-refractivity contribution < 1.29 is 22.4 Å². The number of sulfonamides is 1. The number of rotatable bonds is 4. The highest BCUT2D eigenvalue weighted by Gasteiger charge is 2.19. The molecule has 0 spiro atoms. The summed E-state index contributed by atoms with van der Waals surface area (Å²) in [5.41, 5.74) is 5.63. The number of benzene rings is 2. The zero-order valence-corrected chi connectivity index (χ0v) is 17.2. The van der Waals surface area contributed by atoms with Crippen molar-refractivity contribution in [1.82, 2.24) is 20.1 Å². The molecule has 1 aromatic heterocycles. The SMILES string of the molecule is Cc1cc(C(=O)NNC(=O)c2cccc(S(=O)(=O)N(C)C)c2)c2ccc(F)cc2n1. The fourth-order valence-corrected chi connectivity index (χ4v) is 3.73. The van der Waals surface area contributed by atoms with Crippen LogP contribution in [0, 0.1) is 12.7 Å². The highest BCUT2D eigenvalue weighted by Crippen LogP contribution is 2.19. The van der Waals surface area contributed by atoms with Gasteiger partial charge in [-0.05, 0) is 43.3 Å². The van der Waals surface area contributed by atoms with E-state index >= 15 is 0 Å². The molecule has 0 aliphatic carbocycles. The topological polar surface area (TPSA) is 108 Å². The number of hydrazine groups is 1. The number of pyridine rings is 1. The smallest absolute Gasteiger partial charge is 0.267 e. The number of amides is 2. The number of carbonyl (C=O) groups excluding carboxylic acids is 2. The number of halogens is 1. The Morgan fingerprint density at radius 2 is 1.70 bits per heavy atom. The van der Waals surface area contributed by atoms with Crippen molar-refractivity contribution in [2.24, 2.45) is 0 Å². The number of fused-ring (bicyclic) bond motifs is 1. The first kappa shape index (κ1) is 21.3. The molecule has 0 unspecified atom stereocenters. The Hall–Kier alpha value is -3.37. The van der Waals surface area contributed by atoms with Crippen LogP contribution in [0.3, 0.4) is 0 Å². The third-order valence-electron chi connectivity index (χ3n) is 4.31. The Bertz CT molecular complexity index is 1250. The van der Waals surface area contributed by atoms with E-state index in [1.807, 2.05) is 0 Å². The maximum atomic E-state index is 13.5. The monoisotopic (exact) mass is 430 g/mol. The van der Waals surface area contributed by atoms with Gasteiger partial charge in [-0.15, -0.1) is 0 Å². The summed E-state index contributed by atoms with van der Waals surface area (Å²) in [6, 6.07) is 10.8. The van der Waals surface area contributed by atoms with E-state index in [0.29, 0.717) is 16.6 Å². The van der Waals surface area contributed by atoms with Crippen molar-refractivity contribution in [2.75, 3.05) is 14.1 Å². The first-order valence-corrected chi connectivity index (χ1v) is 10.2. The van der Waals surface area contributed by atoms with Crippen LogP contribution in [0.15, 0.2) is 53.4 Å². The van der Waals surface area contributed by atoms with E-state index in [4.69, 9.17) is 0 Å². The number of nitrogens with zero attached hydrogens (tertiary/aromatic N) is 2. The van der Waals surface area contributed by atoms with E-state index in [1.165, 1.54) is 62.6 Å². The molecule has 3 aromatic rings. The molecule has 2 aromatic carbocycles. The molecule has 3 rings (SSSR count). The molecule has 1 heterocycles. The number of aromatic nitrogens is 1. The zero-order valence-electron chi connectivity index (χ0n) is 16.4. The molecular weight excluding hydrogens is 411 g/mol. The number of carbonyl (C=O) groups is 2. The molecule has 0 bridgehead atoms. The maximum Gasteiger partial charge on any atom is 0.270 e. The van der Waals surface area contributed by atoms with Gasteiger partial charge in [0.25, 0.3) is 11.8 Å². The predicted molar refractivity (Wildman–Crippen MR) is 109 cm³/mol. The number of hydrogen-bond acceptors (Lipinski definition) is 5. The molecule has 2 N–H and O–H groups in total. The Labute approximate surface area is 172 Å². The largest absolute Gasteiger partial charge is 0.270 e. The van der Waals surface area contributed by atoms with Gasteiger partial charge in [0, 0.05) is 36.8 Å². The van der Waals surface area contributed by atoms with Crippen molar-refractivity contribution in [2.45, 2.75) is 11.8 Å². The molecular formula is C20H19FN4O4S. The van der Waals surface area contributed by atoms with Crippen LogP contribution in [-0.4, -0.2) is 43.6 Å². The molecule has 0 fully saturated rings. The third kappa shape index (κ3) is 4.29. The van der Waals surface area contributed by atoms with Crippen LogP contribution >= 0.6 is 0 Å². The molecule has 0 aliphatic heterocycles. The molecule has 10 heteroatoms. The van der Waals surface area contributed by atoms with E-state index in [1.54, 1.807) is 6.92 Å². The summed E-state index contributed by atoms with van der Waals surface area (Å²) in [5, 5.41) is 0.424. The fourth-order valence-electron chi connectivity index (χ4n) is 2.78. The Morgan fingerprint density at radius 3 is 2.40 bits per heavy atom. The van der Waals surface area contributed by atoms with Gasteiger partial charge in [-0.1, -0.05) is 6.07 Å². The Balaban J connectivity index is 1.81. The van der Waals surface area contributed by atoms with Crippen LogP contribution in [0.5, 0.6) is 0 Å². The minimum Gasteiger partial charge on any atom is -0.267 e. The standard InChI is InChI=1S/C20H19FN4O4S/c1-12-9-17(16-8-7-14(21)11-18(16)22-12)20(27)24-23-19(26)13-5-4-6-15(10-13)30(28,29)25(2)3/h4-11H,1-3H3,(H,23,26)(H,24,27). The lowest BCUT2D eigenvalue weighted by Crippen LogP contribution is -2.41. The van der Waals surface area contributed by atoms with Crippen molar-refractivity contribution in [3.05, 3.63) is 71.2 Å². The second-order valence-electron chi connectivity index (χ2n) is 6.70. The van der Waals surface area contributed by atoms with Gasteiger partial charge in [-0.2, -0.15) is 0 Å². The van der Waals surface area contributed by atoms with Gasteiger partial charge in [0.1, 0.15) is 5.82 Å². The molecule has 2 amide bonds. The molecule has 0 radical (unpaired) electrons. The Morgan fingerprint density at radius 1 is 1.00 bits per heavy atom. The van der Waals surface area contributed by atoms with Gasteiger partial charge in [0.05, 0.1) is 16.0 Å². The lowest BCUT2D eigenvalue weighted by molar-refractivity contribution is 0.0847. The van der Waals surface area contributed by atoms with Crippen molar-refractivity contribution >= 4 is 32.7 Å². The lowest BCUT2D eigenvalue weighted by Gasteiger charge is -2.13. The lowest BCUT2D eigenvalue weighted by atomic mass is 10.1. The van der Waals surface area contributed by atoms with E-state index in [-0.39, 0.29) is 16.0 Å². The molecule has 30 heavy (non-hydrogen) atoms. The van der Waals surface area contributed by atoms with Crippen molar-refractivity contribution in [1.29, 1.82) is 0 Å². The molecule has 0 saturated heterocycles.